The van der Waals surface area contributed by atoms with Gasteiger partial charge in [-0.2, -0.15) is 0 Å². The number of nitro groups is 1. The van der Waals surface area contributed by atoms with E-state index in [2.05, 4.69) is 25.1 Å². The molecule has 0 saturated carbocycles. The molecule has 29 heavy (non-hydrogen) atoms. The molecule has 1 aromatic carbocycles. The van der Waals surface area contributed by atoms with Crippen LogP contribution in [0.1, 0.15) is 0 Å². The van der Waals surface area contributed by atoms with E-state index in [1.54, 1.807) is 41.2 Å². The quantitative estimate of drug-likeness (QED) is 0.251. The van der Waals surface area contributed by atoms with Crippen LogP contribution in [0.2, 0.25) is 10.0 Å². The summed E-state index contributed by atoms with van der Waals surface area (Å²) >= 11 is 13.3. The Morgan fingerprint density at radius 2 is 1.83 bits per heavy atom. The van der Waals surface area contributed by atoms with Crippen molar-refractivity contribution < 1.29 is 4.92 Å². The number of halogens is 2. The molecule has 0 amide bonds. The second-order valence-corrected chi connectivity index (χ2v) is 7.31. The van der Waals surface area contributed by atoms with E-state index in [0.717, 1.165) is 29.7 Å². The van der Waals surface area contributed by atoms with Gasteiger partial charge in [0.2, 0.25) is 5.16 Å². The predicted octanol–water partition coefficient (Wildman–Crippen LogP) is 4.49. The van der Waals surface area contributed by atoms with Gasteiger partial charge in [0.15, 0.2) is 11.0 Å². The number of rotatable bonds is 5. The summed E-state index contributed by atoms with van der Waals surface area (Å²) < 4.78 is 1.76. The van der Waals surface area contributed by atoms with Crippen LogP contribution in [-0.2, 0) is 0 Å². The fourth-order valence-corrected chi connectivity index (χ4v) is 3.44. The number of hydrogen-bond acceptors (Lipinski definition) is 8. The Morgan fingerprint density at radius 3 is 2.48 bits per heavy atom. The molecule has 0 aliphatic carbocycles. The first-order valence-corrected chi connectivity index (χ1v) is 9.55. The third kappa shape index (κ3) is 4.04. The van der Waals surface area contributed by atoms with Crippen LogP contribution in [0.15, 0.2) is 65.4 Å². The molecule has 3 aromatic heterocycles. The molecule has 0 N–H and O–H groups in total. The van der Waals surface area contributed by atoms with Crippen LogP contribution in [0.3, 0.4) is 0 Å². The lowest BCUT2D eigenvalue weighted by Gasteiger charge is -2.10. The molecule has 9 nitrogen and oxygen atoms in total. The zero-order valence-electron chi connectivity index (χ0n) is 14.3. The van der Waals surface area contributed by atoms with E-state index in [1.807, 2.05) is 6.07 Å². The van der Waals surface area contributed by atoms with Crippen LogP contribution < -0.4 is 0 Å². The molecule has 3 heterocycles. The molecule has 0 atom stereocenters. The average molecular weight is 446 g/mol. The molecule has 12 heteroatoms. The normalized spacial score (nSPS) is 10.8. The highest BCUT2D eigenvalue weighted by molar-refractivity contribution is 7.99. The molecule has 0 fully saturated rings. The van der Waals surface area contributed by atoms with E-state index in [1.165, 1.54) is 0 Å². The van der Waals surface area contributed by atoms with Crippen molar-refractivity contribution in [3.05, 3.63) is 75.3 Å². The van der Waals surface area contributed by atoms with Crippen LogP contribution in [-0.4, -0.2) is 34.6 Å². The maximum Gasteiger partial charge on any atom is 0.305 e. The summed E-state index contributed by atoms with van der Waals surface area (Å²) in [6.45, 7) is 0. The van der Waals surface area contributed by atoms with Gasteiger partial charge in [0, 0.05) is 18.0 Å². The Morgan fingerprint density at radius 1 is 1.03 bits per heavy atom. The summed E-state index contributed by atoms with van der Waals surface area (Å²) in [6.07, 6.45) is 5.59. The van der Waals surface area contributed by atoms with Gasteiger partial charge in [0.05, 0.1) is 20.7 Å². The van der Waals surface area contributed by atoms with Crippen LogP contribution >= 0.6 is 35.0 Å². The van der Waals surface area contributed by atoms with Gasteiger partial charge in [0.1, 0.15) is 12.4 Å². The predicted molar refractivity (Wildman–Crippen MR) is 107 cm³/mol. The van der Waals surface area contributed by atoms with Crippen LogP contribution in [0.25, 0.3) is 17.1 Å². The van der Waals surface area contributed by atoms with Crippen molar-refractivity contribution in [2.24, 2.45) is 0 Å². The Kier molecular flexibility index (Phi) is 5.38. The van der Waals surface area contributed by atoms with Gasteiger partial charge < -0.3 is 0 Å². The minimum absolute atomic E-state index is 0.198. The number of nitrogens with zero attached hydrogens (tertiary/aromatic N) is 7. The molecule has 4 rings (SSSR count). The lowest BCUT2D eigenvalue weighted by Crippen LogP contribution is -2.01. The maximum absolute atomic E-state index is 10.8. The molecule has 0 radical (unpaired) electrons. The standard InChI is InChI=1S/C17H9Cl2N7O2S/c18-13-4-3-11(6-14(13)19)25-15(10-2-1-5-20-7-10)23-24-17(25)29-16-21-8-12(9-22-16)26(27)28/h1-9H. The van der Waals surface area contributed by atoms with Gasteiger partial charge in [-0.3, -0.25) is 19.7 Å². The molecular formula is C17H9Cl2N7O2S. The highest BCUT2D eigenvalue weighted by atomic mass is 35.5. The van der Waals surface area contributed by atoms with E-state index in [4.69, 9.17) is 23.2 Å². The van der Waals surface area contributed by atoms with Gasteiger partial charge in [-0.1, -0.05) is 23.2 Å². The van der Waals surface area contributed by atoms with Crippen LogP contribution in [0, 0.1) is 10.1 Å². The lowest BCUT2D eigenvalue weighted by molar-refractivity contribution is -0.385. The van der Waals surface area contributed by atoms with Gasteiger partial charge in [-0.25, -0.2) is 9.97 Å². The summed E-state index contributed by atoms with van der Waals surface area (Å²) in [5.74, 6) is 0.529. The Hall–Kier alpha value is -3.08. The largest absolute Gasteiger partial charge is 0.305 e. The molecule has 4 aromatic rings. The SMILES string of the molecule is O=[N+]([O-])c1cnc(Sc2nnc(-c3cccnc3)n2-c2ccc(Cl)c(Cl)c2)nc1. The topological polar surface area (TPSA) is 113 Å². The van der Waals surface area contributed by atoms with Crippen molar-refractivity contribution in [3.8, 4) is 17.1 Å². The smallest absolute Gasteiger partial charge is 0.270 e. The third-order valence-electron chi connectivity index (χ3n) is 3.72. The van der Waals surface area contributed by atoms with Crippen molar-refractivity contribution in [2.75, 3.05) is 0 Å². The summed E-state index contributed by atoms with van der Waals surface area (Å²) in [4.78, 5) is 22.4. The van der Waals surface area contributed by atoms with Crippen LogP contribution in [0.5, 0.6) is 0 Å². The summed E-state index contributed by atoms with van der Waals surface area (Å²) in [6, 6.07) is 8.77. The number of benzene rings is 1. The third-order valence-corrected chi connectivity index (χ3v) is 5.30. The Labute approximate surface area is 177 Å². The zero-order chi connectivity index (χ0) is 20.4. The lowest BCUT2D eigenvalue weighted by atomic mass is 10.2. The Balaban J connectivity index is 1.80. The van der Waals surface area contributed by atoms with E-state index in [9.17, 15) is 10.1 Å². The molecule has 0 unspecified atom stereocenters. The second kappa shape index (κ2) is 8.11. The Bertz CT molecular complexity index is 1190. The number of pyridine rings is 1. The summed E-state index contributed by atoms with van der Waals surface area (Å²) in [7, 11) is 0. The average Bonchev–Trinajstić information content (AvgIpc) is 3.14. The van der Waals surface area contributed by atoms with Gasteiger partial charge in [-0.05, 0) is 42.1 Å². The minimum atomic E-state index is -0.562. The molecule has 144 valence electrons. The van der Waals surface area contributed by atoms with E-state index in [0.29, 0.717) is 26.7 Å². The van der Waals surface area contributed by atoms with E-state index in [-0.39, 0.29) is 10.8 Å². The minimum Gasteiger partial charge on any atom is -0.270 e. The van der Waals surface area contributed by atoms with Gasteiger partial charge in [0.25, 0.3) is 0 Å². The summed E-state index contributed by atoms with van der Waals surface area (Å²) in [5, 5.41) is 20.8. The molecule has 0 spiro atoms. The maximum atomic E-state index is 10.8. The fraction of sp³-hybridized carbons (Fsp3) is 0. The van der Waals surface area contributed by atoms with E-state index >= 15 is 0 Å². The second-order valence-electron chi connectivity index (χ2n) is 5.56. The fourth-order valence-electron chi connectivity index (χ4n) is 2.41. The van der Waals surface area contributed by atoms with Crippen molar-refractivity contribution in [2.45, 2.75) is 10.3 Å². The highest BCUT2D eigenvalue weighted by Gasteiger charge is 2.19. The monoisotopic (exact) mass is 445 g/mol. The first-order valence-electron chi connectivity index (χ1n) is 7.98. The summed E-state index contributed by atoms with van der Waals surface area (Å²) in [5.41, 5.74) is 1.21. The van der Waals surface area contributed by atoms with Crippen molar-refractivity contribution >= 4 is 40.7 Å². The molecule has 0 bridgehead atoms. The molecule has 0 saturated heterocycles. The highest BCUT2D eigenvalue weighted by Crippen LogP contribution is 2.33. The zero-order valence-corrected chi connectivity index (χ0v) is 16.6. The molecule has 0 aliphatic rings. The molecule has 0 aliphatic heterocycles. The van der Waals surface area contributed by atoms with Crippen molar-refractivity contribution in [1.82, 2.24) is 29.7 Å². The molecular weight excluding hydrogens is 437 g/mol. The number of hydrogen-bond donors (Lipinski definition) is 0. The first kappa shape index (κ1) is 19.2. The van der Waals surface area contributed by atoms with Gasteiger partial charge in [-0.15, -0.1) is 10.2 Å². The van der Waals surface area contributed by atoms with Gasteiger partial charge >= 0.3 is 5.69 Å². The first-order chi connectivity index (χ1) is 14.0. The van der Waals surface area contributed by atoms with Crippen molar-refractivity contribution in [1.29, 1.82) is 0 Å². The van der Waals surface area contributed by atoms with Crippen LogP contribution in [0.4, 0.5) is 5.69 Å². The van der Waals surface area contributed by atoms with Crippen molar-refractivity contribution in [3.63, 3.8) is 0 Å². The number of aromatic nitrogens is 6. The van der Waals surface area contributed by atoms with E-state index < -0.39 is 4.92 Å².